The van der Waals surface area contributed by atoms with Gasteiger partial charge < -0.3 is 20.5 Å². The number of hydrogen-bond acceptors (Lipinski definition) is 2. The number of aryl methyl sites for hydroxylation is 1. The van der Waals surface area contributed by atoms with Crippen molar-refractivity contribution in [1.82, 2.24) is 15.6 Å². The van der Waals surface area contributed by atoms with Crippen molar-refractivity contribution in [3.8, 4) is 0 Å². The van der Waals surface area contributed by atoms with Crippen LogP contribution in [0.2, 0.25) is 0 Å². The number of guanidine groups is 1. The van der Waals surface area contributed by atoms with E-state index in [1.807, 2.05) is 17.0 Å². The van der Waals surface area contributed by atoms with Gasteiger partial charge in [-0.05, 0) is 54.7 Å². The highest BCUT2D eigenvalue weighted by Crippen LogP contribution is 2.22. The summed E-state index contributed by atoms with van der Waals surface area (Å²) < 4.78 is 0. The van der Waals surface area contributed by atoms with Gasteiger partial charge in [0.1, 0.15) is 0 Å². The monoisotopic (exact) mass is 531 g/mol. The van der Waals surface area contributed by atoms with Gasteiger partial charge >= 0.3 is 0 Å². The van der Waals surface area contributed by atoms with Crippen molar-refractivity contribution in [2.75, 3.05) is 25.0 Å². The second-order valence-electron chi connectivity index (χ2n) is 7.78. The molecule has 0 atom stereocenters. The number of aromatic nitrogens is 1. The zero-order chi connectivity index (χ0) is 20.9. The molecule has 0 bridgehead atoms. The van der Waals surface area contributed by atoms with Crippen LogP contribution in [-0.2, 0) is 17.8 Å². The molecular formula is C24H30IN5O. The number of anilines is 1. The van der Waals surface area contributed by atoms with E-state index in [0.29, 0.717) is 13.0 Å². The predicted molar refractivity (Wildman–Crippen MR) is 138 cm³/mol. The second-order valence-corrected chi connectivity index (χ2v) is 7.78. The molecule has 3 N–H and O–H groups in total. The van der Waals surface area contributed by atoms with Crippen LogP contribution in [0.1, 0.15) is 29.5 Å². The minimum Gasteiger partial charge on any atom is -0.361 e. The third kappa shape index (κ3) is 5.58. The zero-order valence-electron chi connectivity index (χ0n) is 18.1. The van der Waals surface area contributed by atoms with Gasteiger partial charge in [-0.1, -0.05) is 24.3 Å². The molecule has 1 fully saturated rings. The summed E-state index contributed by atoms with van der Waals surface area (Å²) in [5, 5.41) is 8.03. The lowest BCUT2D eigenvalue weighted by molar-refractivity contribution is -0.117. The number of H-pyrrole nitrogens is 1. The van der Waals surface area contributed by atoms with Crippen molar-refractivity contribution in [3.63, 3.8) is 0 Å². The van der Waals surface area contributed by atoms with Gasteiger partial charge in [0.25, 0.3) is 0 Å². The first-order valence-corrected chi connectivity index (χ1v) is 10.5. The summed E-state index contributed by atoms with van der Waals surface area (Å²) in [6, 6.07) is 14.7. The fourth-order valence-electron chi connectivity index (χ4n) is 3.94. The number of hydrogen-bond donors (Lipinski definition) is 3. The van der Waals surface area contributed by atoms with E-state index in [0.717, 1.165) is 43.1 Å². The molecule has 1 aromatic heterocycles. The smallest absolute Gasteiger partial charge is 0.227 e. The van der Waals surface area contributed by atoms with E-state index in [2.05, 4.69) is 64.1 Å². The molecule has 2 heterocycles. The Balaban J connectivity index is 0.00000272. The van der Waals surface area contributed by atoms with Crippen LogP contribution in [-0.4, -0.2) is 37.0 Å². The quantitative estimate of drug-likeness (QED) is 0.255. The number of nitrogens with zero attached hydrogens (tertiary/aromatic N) is 2. The van der Waals surface area contributed by atoms with E-state index in [9.17, 15) is 4.79 Å². The molecule has 1 aliphatic rings. The Morgan fingerprint density at radius 3 is 2.68 bits per heavy atom. The number of benzene rings is 2. The van der Waals surface area contributed by atoms with Crippen LogP contribution >= 0.6 is 24.0 Å². The Bertz CT molecular complexity index is 1060. The molecule has 0 saturated carbocycles. The Kier molecular flexibility index (Phi) is 7.95. The highest BCUT2D eigenvalue weighted by atomic mass is 127. The number of carbonyl (C=O) groups is 1. The van der Waals surface area contributed by atoms with Crippen molar-refractivity contribution >= 4 is 52.4 Å². The number of fused-ring (bicyclic) bond motifs is 1. The van der Waals surface area contributed by atoms with Crippen LogP contribution in [0.5, 0.6) is 0 Å². The Hall–Kier alpha value is -2.55. The lowest BCUT2D eigenvalue weighted by atomic mass is 10.1. The van der Waals surface area contributed by atoms with Gasteiger partial charge in [-0.2, -0.15) is 0 Å². The molecule has 1 aliphatic heterocycles. The van der Waals surface area contributed by atoms with Crippen molar-refractivity contribution in [3.05, 3.63) is 65.4 Å². The minimum absolute atomic E-state index is 0. The van der Waals surface area contributed by atoms with Crippen molar-refractivity contribution < 1.29 is 4.79 Å². The molecule has 164 valence electrons. The topological polar surface area (TPSA) is 72.5 Å². The predicted octanol–water partition coefficient (Wildman–Crippen LogP) is 4.13. The normalized spacial score (nSPS) is 14.1. The van der Waals surface area contributed by atoms with Crippen LogP contribution in [0, 0.1) is 6.92 Å². The second kappa shape index (κ2) is 10.7. The van der Waals surface area contributed by atoms with Crippen LogP contribution < -0.4 is 15.5 Å². The Morgan fingerprint density at radius 2 is 1.97 bits per heavy atom. The van der Waals surface area contributed by atoms with Crippen LogP contribution in [0.3, 0.4) is 0 Å². The maximum Gasteiger partial charge on any atom is 0.227 e. The summed E-state index contributed by atoms with van der Waals surface area (Å²) in [7, 11) is 1.78. The highest BCUT2D eigenvalue weighted by Gasteiger charge is 2.21. The molecule has 2 aromatic carbocycles. The van der Waals surface area contributed by atoms with E-state index in [4.69, 9.17) is 0 Å². The number of halogens is 1. The Labute approximate surface area is 200 Å². The molecule has 3 aromatic rings. The summed E-state index contributed by atoms with van der Waals surface area (Å²) in [6.07, 6.45) is 4.61. The summed E-state index contributed by atoms with van der Waals surface area (Å²) in [5.74, 6) is 1.00. The van der Waals surface area contributed by atoms with E-state index >= 15 is 0 Å². The molecule has 1 amide bonds. The largest absolute Gasteiger partial charge is 0.361 e. The SMILES string of the molecule is CN=C(NCCc1c[nH]c2cc(C)ccc12)NCc1ccc(N2CCCC2=O)cc1.I. The first kappa shape index (κ1) is 23.1. The fourth-order valence-corrected chi connectivity index (χ4v) is 3.94. The van der Waals surface area contributed by atoms with Gasteiger partial charge in [0.05, 0.1) is 0 Å². The molecule has 7 heteroatoms. The third-order valence-electron chi connectivity index (χ3n) is 5.61. The number of aromatic amines is 1. The third-order valence-corrected chi connectivity index (χ3v) is 5.61. The number of amides is 1. The maximum atomic E-state index is 11.9. The van der Waals surface area contributed by atoms with Gasteiger partial charge in [0.15, 0.2) is 5.96 Å². The summed E-state index contributed by atoms with van der Waals surface area (Å²) in [4.78, 5) is 21.4. The average Bonchev–Trinajstić information content (AvgIpc) is 3.36. The first-order chi connectivity index (χ1) is 14.6. The number of nitrogens with one attached hydrogen (secondary N) is 3. The van der Waals surface area contributed by atoms with Crippen molar-refractivity contribution in [2.24, 2.45) is 4.99 Å². The number of rotatable bonds is 6. The number of carbonyl (C=O) groups excluding carboxylic acids is 1. The molecule has 0 aliphatic carbocycles. The molecule has 1 saturated heterocycles. The Morgan fingerprint density at radius 1 is 1.16 bits per heavy atom. The van der Waals surface area contributed by atoms with Crippen molar-refractivity contribution in [2.45, 2.75) is 32.7 Å². The maximum absolute atomic E-state index is 11.9. The highest BCUT2D eigenvalue weighted by molar-refractivity contribution is 14.0. The van der Waals surface area contributed by atoms with Gasteiger partial charge in [-0.15, -0.1) is 24.0 Å². The standard InChI is InChI=1S/C24H29N5O.HI/c1-17-5-10-21-19(16-27-22(21)14-17)11-12-26-24(25-2)28-15-18-6-8-20(9-7-18)29-13-3-4-23(29)30;/h5-10,14,16,27H,3-4,11-13,15H2,1-2H3,(H2,25,26,28);1H. The van der Waals surface area contributed by atoms with Gasteiger partial charge in [0, 0.05) is 55.9 Å². The van der Waals surface area contributed by atoms with Crippen LogP contribution in [0.25, 0.3) is 10.9 Å². The van der Waals surface area contributed by atoms with E-state index < -0.39 is 0 Å². The molecule has 0 spiro atoms. The van der Waals surface area contributed by atoms with Gasteiger partial charge in [-0.3, -0.25) is 9.79 Å². The molecular weight excluding hydrogens is 501 g/mol. The van der Waals surface area contributed by atoms with Crippen molar-refractivity contribution in [1.29, 1.82) is 0 Å². The summed E-state index contributed by atoms with van der Waals surface area (Å²) in [6.45, 7) is 4.41. The minimum atomic E-state index is 0. The van der Waals surface area contributed by atoms with Crippen LogP contribution in [0.15, 0.2) is 53.7 Å². The fraction of sp³-hybridized carbons (Fsp3) is 0.333. The van der Waals surface area contributed by atoms with Crippen LogP contribution in [0.4, 0.5) is 5.69 Å². The van der Waals surface area contributed by atoms with E-state index in [-0.39, 0.29) is 29.9 Å². The average molecular weight is 531 g/mol. The first-order valence-electron chi connectivity index (χ1n) is 10.5. The zero-order valence-corrected chi connectivity index (χ0v) is 20.4. The van der Waals surface area contributed by atoms with E-state index in [1.54, 1.807) is 7.05 Å². The molecule has 0 radical (unpaired) electrons. The van der Waals surface area contributed by atoms with Gasteiger partial charge in [-0.25, -0.2) is 0 Å². The molecule has 6 nitrogen and oxygen atoms in total. The summed E-state index contributed by atoms with van der Waals surface area (Å²) in [5.41, 5.74) is 5.89. The number of aliphatic imine (C=N–C) groups is 1. The summed E-state index contributed by atoms with van der Waals surface area (Å²) >= 11 is 0. The lowest BCUT2D eigenvalue weighted by Crippen LogP contribution is -2.37. The molecule has 31 heavy (non-hydrogen) atoms. The lowest BCUT2D eigenvalue weighted by Gasteiger charge is -2.16. The molecule has 0 unspecified atom stereocenters. The van der Waals surface area contributed by atoms with E-state index in [1.165, 1.54) is 22.0 Å². The van der Waals surface area contributed by atoms with Gasteiger partial charge in [0.2, 0.25) is 5.91 Å². The molecule has 4 rings (SSSR count).